The van der Waals surface area contributed by atoms with Crippen molar-refractivity contribution in [3.05, 3.63) is 53.8 Å². The Kier molecular flexibility index (Phi) is 3.32. The van der Waals surface area contributed by atoms with E-state index < -0.39 is 11.7 Å². The summed E-state index contributed by atoms with van der Waals surface area (Å²) in [6.45, 7) is 0. The molecule has 2 radical (unpaired) electrons. The number of nitrogens with two attached hydrogens (primary N) is 1. The number of anilines is 2. The lowest BCUT2D eigenvalue weighted by atomic mass is 9.96. The standard InChI is InChI=1S/C13H10BFN2O/c14-8-1-4-10(5-2-8)17-13(18)11-7-9(16)3-6-12(11)15/h1-7H,16H2,(H,17,18). The molecule has 2 aromatic rings. The third-order valence-corrected chi connectivity index (χ3v) is 2.40. The van der Waals surface area contributed by atoms with Gasteiger partial charge in [-0.2, -0.15) is 0 Å². The number of carbonyl (C=O) groups excluding carboxylic acids is 1. The van der Waals surface area contributed by atoms with Crippen molar-refractivity contribution >= 4 is 30.6 Å². The Hall–Kier alpha value is -2.30. The van der Waals surface area contributed by atoms with Crippen LogP contribution in [0.5, 0.6) is 0 Å². The molecular formula is C13H10BFN2O. The molecule has 1 amide bonds. The van der Waals surface area contributed by atoms with Crippen LogP contribution in [0.4, 0.5) is 15.8 Å². The number of halogens is 1. The number of rotatable bonds is 2. The van der Waals surface area contributed by atoms with Gasteiger partial charge in [-0.25, -0.2) is 4.39 Å². The van der Waals surface area contributed by atoms with Crippen molar-refractivity contribution < 1.29 is 9.18 Å². The quantitative estimate of drug-likeness (QED) is 0.616. The van der Waals surface area contributed by atoms with Gasteiger partial charge in [0.1, 0.15) is 13.7 Å². The summed E-state index contributed by atoms with van der Waals surface area (Å²) in [5, 5.41) is 2.56. The number of hydrogen-bond donors (Lipinski definition) is 2. The van der Waals surface area contributed by atoms with Gasteiger partial charge in [-0.15, -0.1) is 0 Å². The van der Waals surface area contributed by atoms with Gasteiger partial charge in [-0.1, -0.05) is 17.6 Å². The van der Waals surface area contributed by atoms with Gasteiger partial charge in [0.25, 0.3) is 5.91 Å². The first-order valence-electron chi connectivity index (χ1n) is 5.28. The Morgan fingerprint density at radius 2 is 1.83 bits per heavy atom. The lowest BCUT2D eigenvalue weighted by Crippen LogP contribution is -2.14. The number of carbonyl (C=O) groups is 1. The smallest absolute Gasteiger partial charge is 0.258 e. The van der Waals surface area contributed by atoms with E-state index in [9.17, 15) is 9.18 Å². The van der Waals surface area contributed by atoms with Crippen LogP contribution in [0.25, 0.3) is 0 Å². The van der Waals surface area contributed by atoms with Crippen molar-refractivity contribution in [2.24, 2.45) is 0 Å². The van der Waals surface area contributed by atoms with E-state index in [-0.39, 0.29) is 5.56 Å². The number of benzene rings is 2. The van der Waals surface area contributed by atoms with E-state index in [1.807, 2.05) is 0 Å². The maximum Gasteiger partial charge on any atom is 0.258 e. The molecule has 0 fully saturated rings. The zero-order valence-corrected chi connectivity index (χ0v) is 9.48. The van der Waals surface area contributed by atoms with E-state index in [4.69, 9.17) is 13.6 Å². The minimum atomic E-state index is -0.614. The Morgan fingerprint density at radius 3 is 2.50 bits per heavy atom. The summed E-state index contributed by atoms with van der Waals surface area (Å²) in [7, 11) is 5.52. The van der Waals surface area contributed by atoms with Crippen molar-refractivity contribution in [2.45, 2.75) is 0 Å². The highest BCUT2D eigenvalue weighted by atomic mass is 19.1. The molecule has 3 nitrogen and oxygen atoms in total. The lowest BCUT2D eigenvalue weighted by Gasteiger charge is -2.07. The summed E-state index contributed by atoms with van der Waals surface area (Å²) >= 11 is 0. The molecule has 18 heavy (non-hydrogen) atoms. The maximum absolute atomic E-state index is 13.5. The molecule has 0 bridgehead atoms. The summed E-state index contributed by atoms with van der Waals surface area (Å²) < 4.78 is 13.5. The van der Waals surface area contributed by atoms with Crippen LogP contribution in [-0.2, 0) is 0 Å². The van der Waals surface area contributed by atoms with Gasteiger partial charge >= 0.3 is 0 Å². The molecule has 2 aromatic carbocycles. The molecular weight excluding hydrogens is 230 g/mol. The molecule has 0 atom stereocenters. The summed E-state index contributed by atoms with van der Waals surface area (Å²) in [5.74, 6) is -1.17. The van der Waals surface area contributed by atoms with Crippen molar-refractivity contribution in [3.8, 4) is 0 Å². The number of nitrogens with one attached hydrogen (secondary N) is 1. The predicted molar refractivity (Wildman–Crippen MR) is 70.6 cm³/mol. The average molecular weight is 240 g/mol. The predicted octanol–water partition coefficient (Wildman–Crippen LogP) is 1.45. The van der Waals surface area contributed by atoms with Crippen LogP contribution < -0.4 is 16.5 Å². The highest BCUT2D eigenvalue weighted by molar-refractivity contribution is 6.32. The number of hydrogen-bond acceptors (Lipinski definition) is 2. The van der Waals surface area contributed by atoms with Gasteiger partial charge in [0.15, 0.2) is 0 Å². The largest absolute Gasteiger partial charge is 0.399 e. The van der Waals surface area contributed by atoms with E-state index >= 15 is 0 Å². The van der Waals surface area contributed by atoms with Crippen LogP contribution in [-0.4, -0.2) is 13.8 Å². The van der Waals surface area contributed by atoms with Crippen LogP contribution in [0.1, 0.15) is 10.4 Å². The van der Waals surface area contributed by atoms with Gasteiger partial charge in [0, 0.05) is 11.4 Å². The van der Waals surface area contributed by atoms with Gasteiger partial charge < -0.3 is 11.1 Å². The minimum absolute atomic E-state index is 0.0909. The van der Waals surface area contributed by atoms with Crippen molar-refractivity contribution in [1.82, 2.24) is 0 Å². The SMILES string of the molecule is [B]c1ccc(NC(=O)c2cc(N)ccc2F)cc1. The normalized spacial score (nSPS) is 10.1. The van der Waals surface area contributed by atoms with E-state index in [1.54, 1.807) is 24.3 Å². The van der Waals surface area contributed by atoms with Gasteiger partial charge in [-0.3, -0.25) is 4.79 Å². The van der Waals surface area contributed by atoms with Crippen LogP contribution in [0.15, 0.2) is 42.5 Å². The monoisotopic (exact) mass is 240 g/mol. The van der Waals surface area contributed by atoms with E-state index in [0.717, 1.165) is 6.07 Å². The molecule has 88 valence electrons. The van der Waals surface area contributed by atoms with Crippen molar-refractivity contribution in [1.29, 1.82) is 0 Å². The fourth-order valence-electron chi connectivity index (χ4n) is 1.48. The third kappa shape index (κ3) is 2.68. The Morgan fingerprint density at radius 1 is 1.17 bits per heavy atom. The first kappa shape index (κ1) is 12.2. The first-order chi connectivity index (χ1) is 8.56. The van der Waals surface area contributed by atoms with E-state index in [2.05, 4.69) is 5.32 Å². The topological polar surface area (TPSA) is 55.1 Å². The molecule has 5 heteroatoms. The van der Waals surface area contributed by atoms with Crippen LogP contribution in [0, 0.1) is 5.82 Å². The highest BCUT2D eigenvalue weighted by Crippen LogP contribution is 2.14. The molecule has 0 aliphatic heterocycles. The first-order valence-corrected chi connectivity index (χ1v) is 5.28. The van der Waals surface area contributed by atoms with E-state index in [0.29, 0.717) is 16.8 Å². The molecule has 0 saturated heterocycles. The molecule has 0 heterocycles. The second-order valence-electron chi connectivity index (χ2n) is 3.82. The zero-order chi connectivity index (χ0) is 13.1. The van der Waals surface area contributed by atoms with Gasteiger partial charge in [0.05, 0.1) is 5.56 Å². The zero-order valence-electron chi connectivity index (χ0n) is 9.48. The minimum Gasteiger partial charge on any atom is -0.399 e. The molecule has 3 N–H and O–H groups in total. The molecule has 0 unspecified atom stereocenters. The fraction of sp³-hybridized carbons (Fsp3) is 0. The summed E-state index contributed by atoms with van der Waals surface area (Å²) in [6.07, 6.45) is 0. The fourth-order valence-corrected chi connectivity index (χ4v) is 1.48. The maximum atomic E-state index is 13.5. The second kappa shape index (κ2) is 4.92. The van der Waals surface area contributed by atoms with Crippen LogP contribution >= 0.6 is 0 Å². The summed E-state index contributed by atoms with van der Waals surface area (Å²) in [4.78, 5) is 11.8. The molecule has 2 rings (SSSR count). The second-order valence-corrected chi connectivity index (χ2v) is 3.82. The van der Waals surface area contributed by atoms with Gasteiger partial charge in [-0.05, 0) is 30.3 Å². The molecule has 0 aliphatic carbocycles. The summed E-state index contributed by atoms with van der Waals surface area (Å²) in [5.41, 5.74) is 6.88. The number of amides is 1. The lowest BCUT2D eigenvalue weighted by molar-refractivity contribution is 0.102. The Labute approximate surface area is 105 Å². The third-order valence-electron chi connectivity index (χ3n) is 2.40. The Balaban J connectivity index is 2.21. The van der Waals surface area contributed by atoms with Crippen LogP contribution in [0.3, 0.4) is 0 Å². The average Bonchev–Trinajstić information content (AvgIpc) is 2.35. The molecule has 0 spiro atoms. The molecule has 0 aromatic heterocycles. The van der Waals surface area contributed by atoms with Crippen molar-refractivity contribution in [2.75, 3.05) is 11.1 Å². The highest BCUT2D eigenvalue weighted by Gasteiger charge is 2.12. The van der Waals surface area contributed by atoms with Crippen molar-refractivity contribution in [3.63, 3.8) is 0 Å². The number of nitrogen functional groups attached to an aromatic ring is 1. The Bertz CT molecular complexity index is 584. The molecule has 0 saturated carbocycles. The summed E-state index contributed by atoms with van der Waals surface area (Å²) in [6, 6.07) is 10.4. The molecule has 0 aliphatic rings. The van der Waals surface area contributed by atoms with Crippen LogP contribution in [0.2, 0.25) is 0 Å². The van der Waals surface area contributed by atoms with E-state index in [1.165, 1.54) is 12.1 Å². The van der Waals surface area contributed by atoms with Gasteiger partial charge in [0.2, 0.25) is 0 Å².